The van der Waals surface area contributed by atoms with Gasteiger partial charge in [-0.3, -0.25) is 9.69 Å². The molecule has 0 radical (unpaired) electrons. The molecule has 1 aliphatic heterocycles. The molecule has 0 atom stereocenters. The first-order valence-electron chi connectivity index (χ1n) is 8.49. The summed E-state index contributed by atoms with van der Waals surface area (Å²) < 4.78 is 6.90. The molecule has 2 aromatic carbocycles. The van der Waals surface area contributed by atoms with E-state index in [4.69, 9.17) is 4.74 Å². The Balaban J connectivity index is 1.45. The van der Waals surface area contributed by atoms with E-state index in [-0.39, 0.29) is 12.0 Å². The molecule has 6 heteroatoms. The van der Waals surface area contributed by atoms with Crippen molar-refractivity contribution in [1.82, 2.24) is 9.88 Å². The number of ether oxygens (including phenoxy) is 1. The normalized spacial score (nSPS) is 13.9. The number of carbonyl (C=O) groups is 2. The molecule has 132 valence electrons. The molecule has 2 amide bonds. The SMILES string of the molecule is Cn1cc(C(=O)NCc2ccc(N3CCOC3=O)cc2)c2ccccc21. The van der Waals surface area contributed by atoms with Gasteiger partial charge in [-0.25, -0.2) is 4.79 Å². The number of amides is 2. The lowest BCUT2D eigenvalue weighted by atomic mass is 10.1. The third-order valence-electron chi connectivity index (χ3n) is 4.60. The molecule has 1 fully saturated rings. The van der Waals surface area contributed by atoms with Gasteiger partial charge < -0.3 is 14.6 Å². The van der Waals surface area contributed by atoms with E-state index in [2.05, 4.69) is 5.32 Å². The molecule has 1 saturated heterocycles. The fourth-order valence-corrected chi connectivity index (χ4v) is 3.22. The summed E-state index contributed by atoms with van der Waals surface area (Å²) in [5.41, 5.74) is 3.46. The minimum absolute atomic E-state index is 0.103. The van der Waals surface area contributed by atoms with Gasteiger partial charge in [-0.1, -0.05) is 30.3 Å². The van der Waals surface area contributed by atoms with Crippen LogP contribution in [0.4, 0.5) is 10.5 Å². The van der Waals surface area contributed by atoms with E-state index >= 15 is 0 Å². The summed E-state index contributed by atoms with van der Waals surface area (Å²) in [4.78, 5) is 25.8. The van der Waals surface area contributed by atoms with Crippen LogP contribution >= 0.6 is 0 Å². The first-order chi connectivity index (χ1) is 12.6. The van der Waals surface area contributed by atoms with Gasteiger partial charge in [0.05, 0.1) is 12.1 Å². The monoisotopic (exact) mass is 349 g/mol. The minimum Gasteiger partial charge on any atom is -0.447 e. The number of cyclic esters (lactones) is 1. The molecule has 4 rings (SSSR count). The van der Waals surface area contributed by atoms with Crippen LogP contribution in [0.15, 0.2) is 54.7 Å². The zero-order chi connectivity index (χ0) is 18.1. The Morgan fingerprint density at radius 3 is 2.65 bits per heavy atom. The second kappa shape index (κ2) is 6.55. The topological polar surface area (TPSA) is 63.6 Å². The van der Waals surface area contributed by atoms with Gasteiger partial charge in [-0.05, 0) is 23.8 Å². The van der Waals surface area contributed by atoms with E-state index in [9.17, 15) is 9.59 Å². The molecule has 0 aliphatic carbocycles. The molecule has 0 saturated carbocycles. The Kier molecular flexibility index (Phi) is 4.08. The number of carbonyl (C=O) groups excluding carboxylic acids is 2. The highest BCUT2D eigenvalue weighted by molar-refractivity contribution is 6.06. The van der Waals surface area contributed by atoms with E-state index in [1.165, 1.54) is 0 Å². The Hall–Kier alpha value is -3.28. The Morgan fingerprint density at radius 2 is 1.92 bits per heavy atom. The number of hydrogen-bond acceptors (Lipinski definition) is 3. The van der Waals surface area contributed by atoms with Gasteiger partial charge in [0.25, 0.3) is 5.91 Å². The fourth-order valence-electron chi connectivity index (χ4n) is 3.22. The van der Waals surface area contributed by atoms with Gasteiger partial charge in [0, 0.05) is 36.4 Å². The Morgan fingerprint density at radius 1 is 1.15 bits per heavy atom. The van der Waals surface area contributed by atoms with Crippen LogP contribution in [-0.4, -0.2) is 29.7 Å². The number of anilines is 1. The fraction of sp³-hybridized carbons (Fsp3) is 0.200. The lowest BCUT2D eigenvalue weighted by Crippen LogP contribution is -2.24. The Labute approximate surface area is 151 Å². The first kappa shape index (κ1) is 16.2. The molecule has 1 N–H and O–H groups in total. The van der Waals surface area contributed by atoms with Crippen LogP contribution in [0, 0.1) is 0 Å². The maximum absolute atomic E-state index is 12.6. The van der Waals surface area contributed by atoms with Crippen molar-refractivity contribution >= 4 is 28.6 Å². The summed E-state index contributed by atoms with van der Waals surface area (Å²) in [5, 5.41) is 3.90. The number of aromatic nitrogens is 1. The Bertz CT molecular complexity index is 976. The maximum Gasteiger partial charge on any atom is 0.414 e. The zero-order valence-corrected chi connectivity index (χ0v) is 14.4. The van der Waals surface area contributed by atoms with Crippen molar-refractivity contribution < 1.29 is 14.3 Å². The van der Waals surface area contributed by atoms with Crippen LogP contribution in [-0.2, 0) is 18.3 Å². The van der Waals surface area contributed by atoms with E-state index in [1.807, 2.05) is 66.3 Å². The van der Waals surface area contributed by atoms with Crippen LogP contribution in [0.3, 0.4) is 0 Å². The van der Waals surface area contributed by atoms with Crippen LogP contribution < -0.4 is 10.2 Å². The average molecular weight is 349 g/mol. The van der Waals surface area contributed by atoms with Gasteiger partial charge >= 0.3 is 6.09 Å². The van der Waals surface area contributed by atoms with Crippen LogP contribution in [0.2, 0.25) is 0 Å². The molecular weight excluding hydrogens is 330 g/mol. The van der Waals surface area contributed by atoms with Crippen molar-refractivity contribution in [3.8, 4) is 0 Å². The second-order valence-corrected chi connectivity index (χ2v) is 6.29. The van der Waals surface area contributed by atoms with E-state index in [0.717, 1.165) is 22.2 Å². The van der Waals surface area contributed by atoms with Crippen LogP contribution in [0.1, 0.15) is 15.9 Å². The van der Waals surface area contributed by atoms with E-state index in [1.54, 1.807) is 4.90 Å². The average Bonchev–Trinajstić information content (AvgIpc) is 3.24. The summed E-state index contributed by atoms with van der Waals surface area (Å²) in [6, 6.07) is 15.4. The van der Waals surface area contributed by atoms with Gasteiger partial charge in [-0.15, -0.1) is 0 Å². The smallest absolute Gasteiger partial charge is 0.414 e. The number of hydrogen-bond donors (Lipinski definition) is 1. The second-order valence-electron chi connectivity index (χ2n) is 6.29. The molecule has 26 heavy (non-hydrogen) atoms. The van der Waals surface area contributed by atoms with Crippen molar-refractivity contribution in [2.24, 2.45) is 7.05 Å². The molecule has 1 aliphatic rings. The molecule has 2 heterocycles. The zero-order valence-electron chi connectivity index (χ0n) is 14.4. The molecule has 6 nitrogen and oxygen atoms in total. The molecule has 0 spiro atoms. The van der Waals surface area contributed by atoms with Gasteiger partial charge in [-0.2, -0.15) is 0 Å². The number of fused-ring (bicyclic) bond motifs is 1. The molecule has 3 aromatic rings. The molecular formula is C20H19N3O3. The quantitative estimate of drug-likeness (QED) is 0.787. The van der Waals surface area contributed by atoms with Crippen LogP contribution in [0.25, 0.3) is 10.9 Å². The van der Waals surface area contributed by atoms with Crippen molar-refractivity contribution in [2.45, 2.75) is 6.54 Å². The summed E-state index contributed by atoms with van der Waals surface area (Å²) in [7, 11) is 1.93. The van der Waals surface area contributed by atoms with Crippen LogP contribution in [0.5, 0.6) is 0 Å². The summed E-state index contributed by atoms with van der Waals surface area (Å²) >= 11 is 0. The minimum atomic E-state index is -0.318. The van der Waals surface area contributed by atoms with Crippen molar-refractivity contribution in [1.29, 1.82) is 0 Å². The number of rotatable bonds is 4. The standard InChI is InChI=1S/C20H19N3O3/c1-22-13-17(16-4-2-3-5-18(16)22)19(24)21-12-14-6-8-15(9-7-14)23-10-11-26-20(23)25/h2-9,13H,10-12H2,1H3,(H,21,24). The van der Waals surface area contributed by atoms with Gasteiger partial charge in [0.1, 0.15) is 6.61 Å². The predicted octanol–water partition coefficient (Wildman–Crippen LogP) is 3.06. The third kappa shape index (κ3) is 2.90. The highest BCUT2D eigenvalue weighted by atomic mass is 16.6. The number of benzene rings is 2. The summed E-state index contributed by atoms with van der Waals surface area (Å²) in [6.07, 6.45) is 1.53. The first-order valence-corrected chi connectivity index (χ1v) is 8.49. The highest BCUT2D eigenvalue weighted by Crippen LogP contribution is 2.21. The summed E-state index contributed by atoms with van der Waals surface area (Å²) in [6.45, 7) is 1.41. The molecule has 0 bridgehead atoms. The number of nitrogens with one attached hydrogen (secondary N) is 1. The largest absolute Gasteiger partial charge is 0.447 e. The van der Waals surface area contributed by atoms with Crippen molar-refractivity contribution in [3.05, 3.63) is 65.9 Å². The predicted molar refractivity (Wildman–Crippen MR) is 99.2 cm³/mol. The van der Waals surface area contributed by atoms with Crippen molar-refractivity contribution in [3.63, 3.8) is 0 Å². The van der Waals surface area contributed by atoms with Crippen molar-refractivity contribution in [2.75, 3.05) is 18.1 Å². The molecule has 0 unspecified atom stereocenters. The maximum atomic E-state index is 12.6. The van der Waals surface area contributed by atoms with E-state index < -0.39 is 0 Å². The van der Waals surface area contributed by atoms with Gasteiger partial charge in [0.2, 0.25) is 0 Å². The lowest BCUT2D eigenvalue weighted by Gasteiger charge is -2.13. The van der Waals surface area contributed by atoms with E-state index in [0.29, 0.717) is 25.3 Å². The number of nitrogens with zero attached hydrogens (tertiary/aromatic N) is 2. The highest BCUT2D eigenvalue weighted by Gasteiger charge is 2.23. The third-order valence-corrected chi connectivity index (χ3v) is 4.60. The summed E-state index contributed by atoms with van der Waals surface area (Å²) in [5.74, 6) is -0.103. The number of aryl methyl sites for hydroxylation is 1. The molecule has 1 aromatic heterocycles. The lowest BCUT2D eigenvalue weighted by molar-refractivity contribution is 0.0952. The number of para-hydroxylation sites is 1. The van der Waals surface area contributed by atoms with Gasteiger partial charge in [0.15, 0.2) is 0 Å².